The highest BCUT2D eigenvalue weighted by molar-refractivity contribution is 6.21. The van der Waals surface area contributed by atoms with Gasteiger partial charge in [-0.25, -0.2) is 19.2 Å². The van der Waals surface area contributed by atoms with Gasteiger partial charge in [-0.2, -0.15) is 0 Å². The first-order valence-electron chi connectivity index (χ1n) is 7.73. The molecule has 0 aromatic carbocycles. The van der Waals surface area contributed by atoms with Crippen LogP contribution in [0.4, 0.5) is 0 Å². The first kappa shape index (κ1) is 20.9. The second-order valence-corrected chi connectivity index (χ2v) is 5.46. The van der Waals surface area contributed by atoms with Crippen LogP contribution in [-0.2, 0) is 28.7 Å². The zero-order valence-corrected chi connectivity index (χ0v) is 13.9. The van der Waals surface area contributed by atoms with Crippen LogP contribution < -0.4 is 0 Å². The molecule has 0 amide bonds. The Morgan fingerprint density at radius 1 is 0.808 bits per heavy atom. The van der Waals surface area contributed by atoms with Gasteiger partial charge in [0.25, 0.3) is 0 Å². The van der Waals surface area contributed by atoms with Crippen molar-refractivity contribution in [2.45, 2.75) is 32.6 Å². The van der Waals surface area contributed by atoms with Gasteiger partial charge in [-0.1, -0.05) is 26.2 Å². The molecule has 0 fully saturated rings. The molecular weight excluding hydrogens is 352 g/mol. The van der Waals surface area contributed by atoms with E-state index in [1.54, 1.807) is 0 Å². The lowest BCUT2D eigenvalue weighted by Crippen LogP contribution is -2.26. The van der Waals surface area contributed by atoms with Crippen molar-refractivity contribution in [3.05, 3.63) is 22.3 Å². The predicted molar refractivity (Wildman–Crippen MR) is 83.2 cm³/mol. The lowest BCUT2D eigenvalue weighted by atomic mass is 9.94. The lowest BCUT2D eigenvalue weighted by molar-refractivity contribution is -0.146. The van der Waals surface area contributed by atoms with Crippen LogP contribution >= 0.6 is 0 Å². The highest BCUT2D eigenvalue weighted by Gasteiger charge is 2.49. The number of unbranched alkanes of at least 4 members (excludes halogenated alkanes) is 3. The smallest absolute Gasteiger partial charge is 0.337 e. The van der Waals surface area contributed by atoms with E-state index < -0.39 is 58.1 Å². The molecular formula is C16H18O10. The Balaban J connectivity index is 3.33. The Labute approximate surface area is 147 Å². The van der Waals surface area contributed by atoms with E-state index >= 15 is 0 Å². The summed E-state index contributed by atoms with van der Waals surface area (Å²) in [5.41, 5.74) is -4.62. The minimum absolute atomic E-state index is 0.133. The highest BCUT2D eigenvalue weighted by Crippen LogP contribution is 2.39. The quantitative estimate of drug-likeness (QED) is 0.316. The standard InChI is InChI=1S/C16H18O10/c1-2-3-4-5-6-26-16(25)11-9(14(21)22)7(12(17)18)8(13(19)20)10(11)15(23)24/h9H,2-6H2,1H3,(H,17,18)(H,19,20)(H,21,22)(H,23,24). The van der Waals surface area contributed by atoms with Crippen molar-refractivity contribution in [1.29, 1.82) is 0 Å². The normalized spacial score (nSPS) is 16.6. The molecule has 1 unspecified atom stereocenters. The Morgan fingerprint density at radius 3 is 1.77 bits per heavy atom. The number of aliphatic carboxylic acids is 4. The molecule has 0 saturated carbocycles. The molecule has 1 rings (SSSR count). The van der Waals surface area contributed by atoms with Gasteiger partial charge in [0.05, 0.1) is 28.9 Å². The topological polar surface area (TPSA) is 176 Å². The summed E-state index contributed by atoms with van der Waals surface area (Å²) in [5.74, 6) is -11.3. The molecule has 0 radical (unpaired) electrons. The van der Waals surface area contributed by atoms with E-state index in [0.29, 0.717) is 6.42 Å². The van der Waals surface area contributed by atoms with E-state index in [2.05, 4.69) is 0 Å². The number of carboxylic acids is 4. The number of ether oxygens (including phenoxy) is 1. The van der Waals surface area contributed by atoms with Gasteiger partial charge in [-0.15, -0.1) is 0 Å². The molecule has 1 aliphatic carbocycles. The van der Waals surface area contributed by atoms with E-state index in [1.165, 1.54) is 0 Å². The molecule has 10 nitrogen and oxygen atoms in total. The Bertz CT molecular complexity index is 713. The monoisotopic (exact) mass is 370 g/mol. The van der Waals surface area contributed by atoms with E-state index in [4.69, 9.17) is 14.9 Å². The fourth-order valence-electron chi connectivity index (χ4n) is 2.62. The summed E-state index contributed by atoms with van der Waals surface area (Å²) in [4.78, 5) is 57.8. The number of carbonyl (C=O) groups is 5. The second-order valence-electron chi connectivity index (χ2n) is 5.46. The van der Waals surface area contributed by atoms with Crippen LogP contribution in [0.25, 0.3) is 0 Å². The maximum Gasteiger partial charge on any atom is 0.337 e. The first-order valence-corrected chi connectivity index (χ1v) is 7.73. The summed E-state index contributed by atoms with van der Waals surface area (Å²) in [7, 11) is 0. The largest absolute Gasteiger partial charge is 0.481 e. The van der Waals surface area contributed by atoms with Gasteiger partial charge in [0.1, 0.15) is 5.92 Å². The van der Waals surface area contributed by atoms with Crippen LogP contribution in [0.5, 0.6) is 0 Å². The maximum atomic E-state index is 12.2. The third-order valence-corrected chi connectivity index (χ3v) is 3.72. The molecule has 142 valence electrons. The van der Waals surface area contributed by atoms with Crippen molar-refractivity contribution in [2.75, 3.05) is 6.61 Å². The van der Waals surface area contributed by atoms with Gasteiger partial charge in [0, 0.05) is 0 Å². The van der Waals surface area contributed by atoms with Crippen LogP contribution in [0.1, 0.15) is 32.6 Å². The zero-order chi connectivity index (χ0) is 20.0. The van der Waals surface area contributed by atoms with Crippen LogP contribution in [0.2, 0.25) is 0 Å². The molecule has 10 heteroatoms. The Hall–Kier alpha value is -3.17. The number of carboxylic acid groups (broad SMARTS) is 4. The first-order chi connectivity index (χ1) is 12.1. The summed E-state index contributed by atoms with van der Waals surface area (Å²) in [6, 6.07) is 0. The van der Waals surface area contributed by atoms with Crippen LogP contribution in [0.3, 0.4) is 0 Å². The van der Waals surface area contributed by atoms with Crippen molar-refractivity contribution >= 4 is 29.8 Å². The summed E-state index contributed by atoms with van der Waals surface area (Å²) in [5, 5.41) is 36.8. The van der Waals surface area contributed by atoms with Crippen molar-refractivity contribution < 1.29 is 49.1 Å². The summed E-state index contributed by atoms with van der Waals surface area (Å²) in [6.07, 6.45) is 2.94. The molecule has 0 aromatic rings. The Morgan fingerprint density at radius 2 is 1.35 bits per heavy atom. The van der Waals surface area contributed by atoms with E-state index in [9.17, 15) is 34.2 Å². The second kappa shape index (κ2) is 8.79. The van der Waals surface area contributed by atoms with Crippen LogP contribution in [0, 0.1) is 5.92 Å². The molecule has 1 atom stereocenters. The molecule has 4 N–H and O–H groups in total. The van der Waals surface area contributed by atoms with Gasteiger partial charge in [-0.3, -0.25) is 4.79 Å². The van der Waals surface area contributed by atoms with Crippen LogP contribution in [-0.4, -0.2) is 56.9 Å². The van der Waals surface area contributed by atoms with Gasteiger partial charge >= 0.3 is 29.8 Å². The number of carbonyl (C=O) groups excluding carboxylic acids is 1. The van der Waals surface area contributed by atoms with E-state index in [1.807, 2.05) is 6.92 Å². The van der Waals surface area contributed by atoms with Crippen molar-refractivity contribution in [3.8, 4) is 0 Å². The summed E-state index contributed by atoms with van der Waals surface area (Å²) in [6.45, 7) is 1.82. The molecule has 0 heterocycles. The summed E-state index contributed by atoms with van der Waals surface area (Å²) >= 11 is 0. The molecule has 0 bridgehead atoms. The number of hydrogen-bond acceptors (Lipinski definition) is 6. The molecule has 0 aliphatic heterocycles. The van der Waals surface area contributed by atoms with E-state index in [-0.39, 0.29) is 6.61 Å². The SMILES string of the molecule is CCCCCCOC(=O)C1=C(C(=O)O)C(C(=O)O)=C(C(=O)O)C1C(=O)O. The minimum atomic E-state index is -2.24. The number of hydrogen-bond donors (Lipinski definition) is 4. The van der Waals surface area contributed by atoms with Crippen molar-refractivity contribution in [2.24, 2.45) is 5.92 Å². The third-order valence-electron chi connectivity index (χ3n) is 3.72. The minimum Gasteiger partial charge on any atom is -0.481 e. The molecule has 0 spiro atoms. The number of esters is 1. The summed E-state index contributed by atoms with van der Waals surface area (Å²) < 4.78 is 4.85. The fourth-order valence-corrected chi connectivity index (χ4v) is 2.62. The molecule has 26 heavy (non-hydrogen) atoms. The average Bonchev–Trinajstić information content (AvgIpc) is 2.91. The van der Waals surface area contributed by atoms with Gasteiger partial charge in [-0.05, 0) is 6.42 Å². The molecule has 0 aromatic heterocycles. The van der Waals surface area contributed by atoms with Crippen LogP contribution in [0.15, 0.2) is 22.3 Å². The van der Waals surface area contributed by atoms with Gasteiger partial charge in [0.2, 0.25) is 0 Å². The van der Waals surface area contributed by atoms with Crippen molar-refractivity contribution in [3.63, 3.8) is 0 Å². The van der Waals surface area contributed by atoms with E-state index in [0.717, 1.165) is 19.3 Å². The van der Waals surface area contributed by atoms with Gasteiger partial charge in [0.15, 0.2) is 0 Å². The third kappa shape index (κ3) is 4.26. The molecule has 0 saturated heterocycles. The Kier molecular flexibility index (Phi) is 7.06. The maximum absolute atomic E-state index is 12.2. The fraction of sp³-hybridized carbons (Fsp3) is 0.438. The van der Waals surface area contributed by atoms with Gasteiger partial charge < -0.3 is 25.2 Å². The zero-order valence-electron chi connectivity index (χ0n) is 13.9. The predicted octanol–water partition coefficient (Wildman–Crippen LogP) is 0.671. The average molecular weight is 370 g/mol. The molecule has 1 aliphatic rings. The highest BCUT2D eigenvalue weighted by atomic mass is 16.5. The number of rotatable bonds is 10. The lowest BCUT2D eigenvalue weighted by Gasteiger charge is -2.12. The van der Waals surface area contributed by atoms with Crippen molar-refractivity contribution in [1.82, 2.24) is 0 Å².